The molecular formula is C5H5N3OS. The monoisotopic (exact) mass is 155 g/mol. The van der Waals surface area contributed by atoms with Gasteiger partial charge in [-0.2, -0.15) is 5.10 Å². The minimum atomic E-state index is -0.132. The molecule has 0 aromatic carbocycles. The smallest absolute Gasteiger partial charge is 0.214 e. The molecule has 0 saturated carbocycles. The maximum absolute atomic E-state index is 10.6. The first kappa shape index (κ1) is 7.01. The van der Waals surface area contributed by atoms with Gasteiger partial charge in [-0.25, -0.2) is 4.98 Å². The first-order valence-electron chi connectivity index (χ1n) is 2.63. The Morgan fingerprint density at radius 1 is 1.80 bits per heavy atom. The summed E-state index contributed by atoms with van der Waals surface area (Å²) >= 11 is 4.64. The number of nitrogens with one attached hydrogen (secondary N) is 1. The number of hydrogen-bond donors (Lipinski definition) is 1. The highest BCUT2D eigenvalue weighted by Gasteiger charge is 1.98. The maximum Gasteiger partial charge on any atom is 0.214 e. The van der Waals surface area contributed by atoms with Crippen molar-refractivity contribution in [2.75, 3.05) is 0 Å². The average Bonchev–Trinajstić information content (AvgIpc) is 1.88. The van der Waals surface area contributed by atoms with Gasteiger partial charge in [0, 0.05) is 6.92 Å². The van der Waals surface area contributed by atoms with Crippen LogP contribution in [-0.2, 0) is 0 Å². The third-order valence-corrected chi connectivity index (χ3v) is 1.11. The summed E-state index contributed by atoms with van der Waals surface area (Å²) < 4.78 is 0.229. The quantitative estimate of drug-likeness (QED) is 0.480. The molecule has 5 heteroatoms. The number of rotatable bonds is 1. The SMILES string of the molecule is CC(=O)c1cn[nH]c(=S)n1. The molecule has 1 heterocycles. The highest BCUT2D eigenvalue weighted by molar-refractivity contribution is 7.71. The van der Waals surface area contributed by atoms with Gasteiger partial charge in [-0.3, -0.25) is 9.89 Å². The van der Waals surface area contributed by atoms with Crippen LogP contribution < -0.4 is 0 Å². The van der Waals surface area contributed by atoms with Gasteiger partial charge in [0.25, 0.3) is 0 Å². The molecule has 0 aliphatic rings. The van der Waals surface area contributed by atoms with E-state index in [1.165, 1.54) is 13.1 Å². The number of ketones is 1. The molecule has 0 aliphatic carbocycles. The van der Waals surface area contributed by atoms with E-state index in [9.17, 15) is 4.79 Å². The molecule has 0 spiro atoms. The molecule has 1 aromatic heterocycles. The lowest BCUT2D eigenvalue weighted by Crippen LogP contribution is -1.99. The van der Waals surface area contributed by atoms with Crippen LogP contribution in [0.25, 0.3) is 0 Å². The Morgan fingerprint density at radius 3 is 2.90 bits per heavy atom. The zero-order valence-electron chi connectivity index (χ0n) is 5.29. The van der Waals surface area contributed by atoms with Crippen LogP contribution in [0.1, 0.15) is 17.4 Å². The Hall–Kier alpha value is -1.10. The molecule has 1 aromatic rings. The fourth-order valence-corrected chi connectivity index (χ4v) is 0.633. The predicted molar refractivity (Wildman–Crippen MR) is 37.2 cm³/mol. The molecule has 0 fully saturated rings. The molecule has 1 rings (SSSR count). The summed E-state index contributed by atoms with van der Waals surface area (Å²) in [5, 5.41) is 6.02. The van der Waals surface area contributed by atoms with E-state index in [-0.39, 0.29) is 10.6 Å². The third kappa shape index (κ3) is 1.44. The van der Waals surface area contributed by atoms with Crippen molar-refractivity contribution in [2.24, 2.45) is 0 Å². The van der Waals surface area contributed by atoms with Crippen molar-refractivity contribution in [3.8, 4) is 0 Å². The van der Waals surface area contributed by atoms with Crippen molar-refractivity contribution < 1.29 is 4.79 Å². The molecule has 0 aliphatic heterocycles. The minimum Gasteiger partial charge on any atom is -0.293 e. The Bertz CT molecular complexity index is 306. The number of carbonyl (C=O) groups excluding carboxylic acids is 1. The van der Waals surface area contributed by atoms with Crippen LogP contribution in [0.4, 0.5) is 0 Å². The van der Waals surface area contributed by atoms with E-state index in [2.05, 4.69) is 27.4 Å². The Morgan fingerprint density at radius 2 is 2.50 bits per heavy atom. The number of Topliss-reactive ketones (excluding diaryl/α,β-unsaturated/α-hetero) is 1. The van der Waals surface area contributed by atoms with Crippen molar-refractivity contribution in [1.29, 1.82) is 0 Å². The van der Waals surface area contributed by atoms with Crippen LogP contribution >= 0.6 is 12.2 Å². The van der Waals surface area contributed by atoms with Crippen molar-refractivity contribution in [1.82, 2.24) is 15.2 Å². The van der Waals surface area contributed by atoms with Crippen molar-refractivity contribution in [2.45, 2.75) is 6.92 Å². The Balaban J connectivity index is 3.20. The summed E-state index contributed by atoms with van der Waals surface area (Å²) in [4.78, 5) is 14.4. The zero-order chi connectivity index (χ0) is 7.56. The molecule has 4 nitrogen and oxygen atoms in total. The third-order valence-electron chi connectivity index (χ3n) is 0.930. The van der Waals surface area contributed by atoms with Crippen LogP contribution in [-0.4, -0.2) is 21.0 Å². The maximum atomic E-state index is 10.6. The van der Waals surface area contributed by atoms with Gasteiger partial charge in [0.15, 0.2) is 5.78 Å². The van der Waals surface area contributed by atoms with E-state index in [0.29, 0.717) is 5.69 Å². The van der Waals surface area contributed by atoms with Gasteiger partial charge in [-0.1, -0.05) is 0 Å². The van der Waals surface area contributed by atoms with E-state index >= 15 is 0 Å². The van der Waals surface area contributed by atoms with E-state index in [4.69, 9.17) is 0 Å². The van der Waals surface area contributed by atoms with Gasteiger partial charge in [-0.15, -0.1) is 0 Å². The fourth-order valence-electron chi connectivity index (χ4n) is 0.482. The normalized spacial score (nSPS) is 9.30. The van der Waals surface area contributed by atoms with E-state index in [1.54, 1.807) is 0 Å². The first-order valence-corrected chi connectivity index (χ1v) is 3.03. The van der Waals surface area contributed by atoms with E-state index in [0.717, 1.165) is 0 Å². The number of aromatic amines is 1. The molecule has 0 bridgehead atoms. The largest absolute Gasteiger partial charge is 0.293 e. The van der Waals surface area contributed by atoms with Gasteiger partial charge >= 0.3 is 0 Å². The van der Waals surface area contributed by atoms with Gasteiger partial charge in [0.1, 0.15) is 5.69 Å². The summed E-state index contributed by atoms with van der Waals surface area (Å²) in [6.45, 7) is 1.42. The second kappa shape index (κ2) is 2.66. The fraction of sp³-hybridized carbons (Fsp3) is 0.200. The lowest BCUT2D eigenvalue weighted by molar-refractivity contribution is 0.101. The molecule has 1 N–H and O–H groups in total. The number of nitrogens with zero attached hydrogens (tertiary/aromatic N) is 2. The van der Waals surface area contributed by atoms with Crippen LogP contribution in [0.5, 0.6) is 0 Å². The molecule has 0 atom stereocenters. The van der Waals surface area contributed by atoms with Crippen molar-refractivity contribution >= 4 is 18.0 Å². The molecule has 10 heavy (non-hydrogen) atoms. The second-order valence-electron chi connectivity index (χ2n) is 1.73. The minimum absolute atomic E-state index is 0.132. The van der Waals surface area contributed by atoms with E-state index in [1.807, 2.05) is 0 Å². The highest BCUT2D eigenvalue weighted by atomic mass is 32.1. The summed E-state index contributed by atoms with van der Waals surface area (Å²) in [5.74, 6) is -0.132. The standard InChI is InChI=1S/C5H5N3OS/c1-3(9)4-2-6-8-5(10)7-4/h2H,1H3,(H,7,8,10). The van der Waals surface area contributed by atoms with Gasteiger partial charge in [0.05, 0.1) is 6.20 Å². The number of aromatic nitrogens is 3. The Labute approximate surface area is 62.3 Å². The van der Waals surface area contributed by atoms with Crippen LogP contribution in [0.2, 0.25) is 0 Å². The number of carbonyl (C=O) groups is 1. The lowest BCUT2D eigenvalue weighted by atomic mass is 10.3. The first-order chi connectivity index (χ1) is 4.70. The van der Waals surface area contributed by atoms with Gasteiger partial charge < -0.3 is 0 Å². The van der Waals surface area contributed by atoms with Crippen LogP contribution in [0.15, 0.2) is 6.20 Å². The molecular weight excluding hydrogens is 150 g/mol. The zero-order valence-corrected chi connectivity index (χ0v) is 6.10. The average molecular weight is 155 g/mol. The summed E-state index contributed by atoms with van der Waals surface area (Å²) in [6.07, 6.45) is 1.35. The Kier molecular flexibility index (Phi) is 1.86. The van der Waals surface area contributed by atoms with E-state index < -0.39 is 0 Å². The van der Waals surface area contributed by atoms with Gasteiger partial charge in [-0.05, 0) is 12.2 Å². The molecule has 0 radical (unpaired) electrons. The lowest BCUT2D eigenvalue weighted by Gasteiger charge is -1.89. The predicted octanol–water partition coefficient (Wildman–Crippen LogP) is 0.737. The van der Waals surface area contributed by atoms with Crippen LogP contribution in [0.3, 0.4) is 0 Å². The molecule has 0 amide bonds. The molecule has 0 saturated heterocycles. The van der Waals surface area contributed by atoms with Crippen LogP contribution in [0, 0.1) is 4.77 Å². The highest BCUT2D eigenvalue weighted by Crippen LogP contribution is 1.89. The van der Waals surface area contributed by atoms with Crippen molar-refractivity contribution in [3.05, 3.63) is 16.7 Å². The summed E-state index contributed by atoms with van der Waals surface area (Å²) in [7, 11) is 0. The second-order valence-corrected chi connectivity index (χ2v) is 2.12. The number of hydrogen-bond acceptors (Lipinski definition) is 4. The molecule has 52 valence electrons. The summed E-state index contributed by atoms with van der Waals surface area (Å²) in [5.41, 5.74) is 0.295. The van der Waals surface area contributed by atoms with Gasteiger partial charge in [0.2, 0.25) is 4.77 Å². The summed E-state index contributed by atoms with van der Waals surface area (Å²) in [6, 6.07) is 0. The number of H-pyrrole nitrogens is 1. The topological polar surface area (TPSA) is 58.6 Å². The van der Waals surface area contributed by atoms with Crippen molar-refractivity contribution in [3.63, 3.8) is 0 Å². The molecule has 0 unspecified atom stereocenters.